The van der Waals surface area contributed by atoms with Crippen LogP contribution in [0.5, 0.6) is 0 Å². The molecule has 130 valence electrons. The third kappa shape index (κ3) is 5.50. The van der Waals surface area contributed by atoms with Crippen molar-refractivity contribution < 1.29 is 11.3 Å². The third-order valence-electron chi connectivity index (χ3n) is 3.90. The Balaban J connectivity index is 3.25. The maximum atomic E-state index is 13.2. The highest BCUT2D eigenvalue weighted by atomic mass is 35.5. The van der Waals surface area contributed by atoms with Gasteiger partial charge in [0.1, 0.15) is 5.60 Å². The molecule has 0 spiro atoms. The first-order valence-electron chi connectivity index (χ1n) is 8.95. The van der Waals surface area contributed by atoms with Crippen LogP contribution in [0.4, 0.5) is 0 Å². The molecule has 1 N–H and O–H groups in total. The molecule has 0 fully saturated rings. The molecule has 23 heavy (non-hydrogen) atoms. The second-order valence-corrected chi connectivity index (χ2v) is 7.06. The van der Waals surface area contributed by atoms with Gasteiger partial charge >= 0.3 is 0 Å². The van der Waals surface area contributed by atoms with Crippen LogP contribution in [0.3, 0.4) is 0 Å². The number of carbonyl (C=O) groups is 1. The van der Waals surface area contributed by atoms with E-state index in [-0.39, 0.29) is 24.4 Å². The molecule has 2 atom stereocenters. The topological polar surface area (TPSA) is 40.5 Å². The van der Waals surface area contributed by atoms with Crippen LogP contribution >= 0.6 is 11.6 Å². The number of nitrogens with zero attached hydrogens (tertiary/aromatic N) is 1. The molecule has 0 heterocycles. The Bertz CT molecular complexity index is 525. The van der Waals surface area contributed by atoms with Gasteiger partial charge < -0.3 is 10.0 Å². The predicted molar refractivity (Wildman–Crippen MR) is 96.7 cm³/mol. The van der Waals surface area contributed by atoms with Crippen molar-refractivity contribution in [3.05, 3.63) is 34.9 Å². The Kier molecular flexibility index (Phi) is 6.91. The van der Waals surface area contributed by atoms with Gasteiger partial charge in [0.15, 0.2) is 0 Å². The standard InChI is InChI=1S/C19H30ClNO2/c1-6-7-12-19(23,13-16-8-10-17(20)11-9-16)18(22)21(14(2)3)15(4)5/h8-11,14-15,23H,6-7,12-13H2,1-5H3/i13D. The second kappa shape index (κ2) is 8.70. The number of rotatable bonds is 8. The van der Waals surface area contributed by atoms with E-state index in [0.717, 1.165) is 6.42 Å². The highest BCUT2D eigenvalue weighted by molar-refractivity contribution is 6.30. The first-order valence-corrected chi connectivity index (χ1v) is 8.75. The van der Waals surface area contributed by atoms with E-state index in [9.17, 15) is 9.90 Å². The molecule has 1 aromatic carbocycles. The number of aliphatic hydroxyl groups is 1. The van der Waals surface area contributed by atoms with Gasteiger partial charge in [-0.2, -0.15) is 0 Å². The molecule has 0 radical (unpaired) electrons. The summed E-state index contributed by atoms with van der Waals surface area (Å²) in [5, 5.41) is 11.8. The fourth-order valence-corrected chi connectivity index (χ4v) is 2.94. The summed E-state index contributed by atoms with van der Waals surface area (Å²) < 4.78 is 8.58. The Labute approximate surface area is 147 Å². The maximum Gasteiger partial charge on any atom is 0.255 e. The largest absolute Gasteiger partial charge is 0.380 e. The number of amides is 1. The van der Waals surface area contributed by atoms with Crippen molar-refractivity contribution in [2.75, 3.05) is 0 Å². The van der Waals surface area contributed by atoms with Crippen molar-refractivity contribution in [3.8, 4) is 0 Å². The zero-order valence-corrected chi connectivity index (χ0v) is 15.6. The maximum absolute atomic E-state index is 13.2. The molecule has 0 saturated heterocycles. The third-order valence-corrected chi connectivity index (χ3v) is 4.16. The Morgan fingerprint density at radius 3 is 2.22 bits per heavy atom. The van der Waals surface area contributed by atoms with Crippen molar-refractivity contribution in [2.24, 2.45) is 0 Å². The lowest BCUT2D eigenvalue weighted by Gasteiger charge is -2.38. The number of hydrogen-bond acceptors (Lipinski definition) is 2. The van der Waals surface area contributed by atoms with E-state index in [0.29, 0.717) is 17.0 Å². The summed E-state index contributed by atoms with van der Waals surface area (Å²) in [6.07, 6.45) is 0.769. The number of carbonyl (C=O) groups excluding carboxylic acids is 1. The van der Waals surface area contributed by atoms with Gasteiger partial charge in [-0.1, -0.05) is 43.5 Å². The highest BCUT2D eigenvalue weighted by Crippen LogP contribution is 2.26. The lowest BCUT2D eigenvalue weighted by Crippen LogP contribution is -2.55. The summed E-state index contributed by atoms with van der Waals surface area (Å²) in [7, 11) is 0. The molecule has 3 nitrogen and oxygen atoms in total. The van der Waals surface area contributed by atoms with Crippen LogP contribution in [0.25, 0.3) is 0 Å². The average molecular weight is 341 g/mol. The van der Waals surface area contributed by atoms with Gasteiger partial charge in [0, 0.05) is 24.9 Å². The van der Waals surface area contributed by atoms with Crippen LogP contribution in [-0.2, 0) is 11.2 Å². The molecule has 0 aliphatic rings. The van der Waals surface area contributed by atoms with Crippen molar-refractivity contribution in [1.29, 1.82) is 0 Å². The summed E-state index contributed by atoms with van der Waals surface area (Å²) in [5.41, 5.74) is -1.14. The minimum absolute atomic E-state index is 0.0388. The van der Waals surface area contributed by atoms with Crippen LogP contribution < -0.4 is 0 Å². The molecule has 0 aliphatic heterocycles. The molecule has 0 aliphatic carbocycles. The predicted octanol–water partition coefficient (Wildman–Crippen LogP) is 4.45. The van der Waals surface area contributed by atoms with Gasteiger partial charge in [-0.3, -0.25) is 4.79 Å². The van der Waals surface area contributed by atoms with Crippen LogP contribution in [0.1, 0.15) is 60.8 Å². The Hall–Kier alpha value is -1.06. The summed E-state index contributed by atoms with van der Waals surface area (Å²) in [6, 6.07) is 6.71. The van der Waals surface area contributed by atoms with E-state index in [1.165, 1.54) is 0 Å². The van der Waals surface area contributed by atoms with Gasteiger partial charge in [-0.25, -0.2) is 0 Å². The SMILES string of the molecule is [2H]C(c1ccc(Cl)cc1)C(O)(CCCC)C(=O)N(C(C)C)C(C)C. The monoisotopic (exact) mass is 340 g/mol. The molecule has 1 aromatic rings. The van der Waals surface area contributed by atoms with Crippen LogP contribution in [0, 0.1) is 0 Å². The summed E-state index contributed by atoms with van der Waals surface area (Å²) >= 11 is 5.91. The average Bonchev–Trinajstić information content (AvgIpc) is 2.51. The highest BCUT2D eigenvalue weighted by Gasteiger charge is 2.40. The normalized spacial score (nSPS) is 16.1. The minimum Gasteiger partial charge on any atom is -0.380 e. The molecule has 2 unspecified atom stereocenters. The van der Waals surface area contributed by atoms with Crippen LogP contribution in [0.2, 0.25) is 5.02 Å². The molecule has 0 saturated carbocycles. The second-order valence-electron chi connectivity index (χ2n) is 6.62. The number of hydrogen-bond donors (Lipinski definition) is 1. The van der Waals surface area contributed by atoms with Crippen LogP contribution in [-0.4, -0.2) is 33.6 Å². The number of unbranched alkanes of at least 4 members (excludes halogenated alkanes) is 1. The van der Waals surface area contributed by atoms with E-state index in [2.05, 4.69) is 0 Å². The van der Waals surface area contributed by atoms with Crippen molar-refractivity contribution >= 4 is 17.5 Å². The van der Waals surface area contributed by atoms with E-state index >= 15 is 0 Å². The number of halogens is 1. The molecule has 4 heteroatoms. The van der Waals surface area contributed by atoms with E-state index < -0.39 is 12.0 Å². The smallest absolute Gasteiger partial charge is 0.255 e. The van der Waals surface area contributed by atoms with E-state index in [1.807, 2.05) is 34.6 Å². The summed E-state index contributed by atoms with van der Waals surface area (Å²) in [4.78, 5) is 14.8. The quantitative estimate of drug-likeness (QED) is 0.759. The molecule has 0 bridgehead atoms. The van der Waals surface area contributed by atoms with Gasteiger partial charge in [-0.05, 0) is 51.8 Å². The zero-order chi connectivity index (χ0) is 18.5. The van der Waals surface area contributed by atoms with Gasteiger partial charge in [0.05, 0.1) is 0 Å². The molecular formula is C19H30ClNO2. The summed E-state index contributed by atoms with van der Waals surface area (Å²) in [5.74, 6) is -0.365. The van der Waals surface area contributed by atoms with Gasteiger partial charge in [-0.15, -0.1) is 0 Å². The van der Waals surface area contributed by atoms with E-state index in [1.54, 1.807) is 29.2 Å². The lowest BCUT2D eigenvalue weighted by molar-refractivity contribution is -0.156. The first-order chi connectivity index (χ1) is 11.1. The van der Waals surface area contributed by atoms with Crippen molar-refractivity contribution in [2.45, 2.75) is 78.0 Å². The molecular weight excluding hydrogens is 310 g/mol. The van der Waals surface area contributed by atoms with Crippen molar-refractivity contribution in [1.82, 2.24) is 4.90 Å². The lowest BCUT2D eigenvalue weighted by atomic mass is 9.87. The van der Waals surface area contributed by atoms with Gasteiger partial charge in [0.25, 0.3) is 5.91 Å². The molecule has 0 aromatic heterocycles. The number of benzene rings is 1. The molecule has 1 rings (SSSR count). The first kappa shape index (κ1) is 18.3. The summed E-state index contributed by atoms with van der Waals surface area (Å²) in [6.45, 7) is 9.73. The zero-order valence-electron chi connectivity index (χ0n) is 15.8. The fourth-order valence-electron chi connectivity index (χ4n) is 2.81. The van der Waals surface area contributed by atoms with Crippen molar-refractivity contribution in [3.63, 3.8) is 0 Å². The fraction of sp³-hybridized carbons (Fsp3) is 0.632. The van der Waals surface area contributed by atoms with Gasteiger partial charge in [0.2, 0.25) is 0 Å². The Morgan fingerprint density at radius 2 is 1.78 bits per heavy atom. The van der Waals surface area contributed by atoms with Crippen LogP contribution in [0.15, 0.2) is 24.3 Å². The van der Waals surface area contributed by atoms with E-state index in [4.69, 9.17) is 13.0 Å². The Morgan fingerprint density at radius 1 is 1.26 bits per heavy atom. The molecule has 1 amide bonds. The minimum atomic E-state index is -1.74.